The first-order chi connectivity index (χ1) is 11.6. The van der Waals surface area contributed by atoms with E-state index < -0.39 is 5.60 Å². The van der Waals surface area contributed by atoms with Crippen molar-refractivity contribution in [1.82, 2.24) is 9.97 Å². The van der Waals surface area contributed by atoms with E-state index in [1.165, 1.54) is 19.1 Å². The topological polar surface area (TPSA) is 93.5 Å². The largest absolute Gasteiger partial charge is 0.411 e. The maximum absolute atomic E-state index is 10.8. The van der Waals surface area contributed by atoms with Gasteiger partial charge in [-0.15, -0.1) is 0 Å². The Balaban J connectivity index is 1.53. The van der Waals surface area contributed by atoms with Crippen molar-refractivity contribution in [2.75, 3.05) is 5.32 Å². The minimum Gasteiger partial charge on any atom is -0.411 e. The van der Waals surface area contributed by atoms with Crippen LogP contribution in [0.15, 0.2) is 23.6 Å². The first-order valence-corrected chi connectivity index (χ1v) is 8.78. The number of pyridine rings is 1. The number of hydrogen-bond acceptors (Lipinski definition) is 5. The van der Waals surface area contributed by atoms with E-state index in [1.807, 2.05) is 12.3 Å². The quantitative estimate of drug-likeness (QED) is 0.396. The zero-order chi connectivity index (χ0) is 16.3. The number of anilines is 1. The number of H-pyrrole nitrogens is 1. The first kappa shape index (κ1) is 14.3. The molecular formula is C18H22N4O2. The summed E-state index contributed by atoms with van der Waals surface area (Å²) in [7, 11) is 0. The van der Waals surface area contributed by atoms with Crippen molar-refractivity contribution in [1.29, 1.82) is 0 Å². The van der Waals surface area contributed by atoms with Gasteiger partial charge in [-0.25, -0.2) is 4.98 Å². The molecule has 126 valence electrons. The standard InChI is InChI=1S/C18H22N4O2/c23-18-5-10-3-11(6-18)15(12(4-10)7-18)22-16-13(9-21-24)8-20-17-14(16)1-2-19-17/h1-2,8-12,15,23-24H,3-7H2,(H2,19,20,22)/b21-9+. The van der Waals surface area contributed by atoms with Gasteiger partial charge in [0, 0.05) is 29.4 Å². The molecule has 6 heteroatoms. The Labute approximate surface area is 140 Å². The third kappa shape index (κ3) is 2.05. The molecule has 2 atom stereocenters. The van der Waals surface area contributed by atoms with Crippen LogP contribution in [0.2, 0.25) is 0 Å². The molecule has 4 bridgehead atoms. The third-order valence-corrected chi connectivity index (χ3v) is 6.36. The highest BCUT2D eigenvalue weighted by molar-refractivity contribution is 6.00. The average Bonchev–Trinajstić information content (AvgIpc) is 2.99. The molecule has 6 nitrogen and oxygen atoms in total. The molecule has 0 aromatic carbocycles. The van der Waals surface area contributed by atoms with Gasteiger partial charge in [0.05, 0.1) is 17.5 Å². The van der Waals surface area contributed by atoms with Gasteiger partial charge in [0.1, 0.15) is 5.65 Å². The Morgan fingerprint density at radius 1 is 1.29 bits per heavy atom. The van der Waals surface area contributed by atoms with Crippen LogP contribution in [0.25, 0.3) is 11.0 Å². The van der Waals surface area contributed by atoms with Crippen molar-refractivity contribution in [3.63, 3.8) is 0 Å². The molecule has 4 N–H and O–H groups in total. The van der Waals surface area contributed by atoms with Gasteiger partial charge < -0.3 is 20.6 Å². The average molecular weight is 326 g/mol. The zero-order valence-electron chi connectivity index (χ0n) is 13.4. The lowest BCUT2D eigenvalue weighted by Gasteiger charge is -2.58. The summed E-state index contributed by atoms with van der Waals surface area (Å²) in [5.41, 5.74) is 2.17. The molecule has 0 aliphatic heterocycles. The summed E-state index contributed by atoms with van der Waals surface area (Å²) in [5.74, 6) is 1.72. The molecule has 2 heterocycles. The van der Waals surface area contributed by atoms with Crippen molar-refractivity contribution >= 4 is 22.9 Å². The second-order valence-electron chi connectivity index (χ2n) is 7.94. The molecule has 6 rings (SSSR count). The molecule has 4 fully saturated rings. The molecule has 2 unspecified atom stereocenters. The molecule has 4 saturated carbocycles. The van der Waals surface area contributed by atoms with Gasteiger partial charge in [0.2, 0.25) is 0 Å². The van der Waals surface area contributed by atoms with E-state index in [9.17, 15) is 5.11 Å². The Bertz CT molecular complexity index is 798. The number of fused-ring (bicyclic) bond motifs is 1. The molecular weight excluding hydrogens is 304 g/mol. The summed E-state index contributed by atoms with van der Waals surface area (Å²) in [4.78, 5) is 7.52. The number of nitrogens with zero attached hydrogens (tertiary/aromatic N) is 2. The van der Waals surface area contributed by atoms with E-state index >= 15 is 0 Å². The summed E-state index contributed by atoms with van der Waals surface area (Å²) in [6.45, 7) is 0. The number of aliphatic hydroxyl groups is 1. The molecule has 4 aliphatic carbocycles. The van der Waals surface area contributed by atoms with Crippen LogP contribution in [-0.2, 0) is 0 Å². The van der Waals surface area contributed by atoms with Crippen molar-refractivity contribution in [3.8, 4) is 0 Å². The van der Waals surface area contributed by atoms with Crippen LogP contribution in [0.1, 0.15) is 37.7 Å². The Morgan fingerprint density at radius 3 is 2.79 bits per heavy atom. The van der Waals surface area contributed by atoms with E-state index in [1.54, 1.807) is 6.20 Å². The lowest BCUT2D eigenvalue weighted by Crippen LogP contribution is -2.59. The summed E-state index contributed by atoms with van der Waals surface area (Å²) in [5, 5.41) is 27.7. The SMILES string of the molecule is O/N=C/c1cnc2[nH]ccc2c1NC1C2CC3CC1CC(O)(C3)C2. The second-order valence-corrected chi connectivity index (χ2v) is 7.94. The van der Waals surface area contributed by atoms with Gasteiger partial charge in [-0.05, 0) is 55.9 Å². The third-order valence-electron chi connectivity index (χ3n) is 6.36. The van der Waals surface area contributed by atoms with Gasteiger partial charge in [-0.3, -0.25) is 0 Å². The van der Waals surface area contributed by atoms with E-state index in [-0.39, 0.29) is 0 Å². The molecule has 2 aromatic heterocycles. The fourth-order valence-corrected chi connectivity index (χ4v) is 5.73. The summed E-state index contributed by atoms with van der Waals surface area (Å²) in [6.07, 6.45) is 10.3. The van der Waals surface area contributed by atoms with Crippen LogP contribution in [-0.4, -0.2) is 38.1 Å². The van der Waals surface area contributed by atoms with Crippen LogP contribution in [0.5, 0.6) is 0 Å². The van der Waals surface area contributed by atoms with Crippen LogP contribution in [0, 0.1) is 17.8 Å². The highest BCUT2D eigenvalue weighted by atomic mass is 16.4. The molecule has 24 heavy (non-hydrogen) atoms. The monoisotopic (exact) mass is 326 g/mol. The molecule has 0 radical (unpaired) electrons. The number of oxime groups is 1. The van der Waals surface area contributed by atoms with E-state index in [4.69, 9.17) is 5.21 Å². The molecule has 0 amide bonds. The minimum absolute atomic E-state index is 0.369. The van der Waals surface area contributed by atoms with E-state index in [0.717, 1.165) is 41.5 Å². The normalized spacial score (nSPS) is 37.5. The fourth-order valence-electron chi connectivity index (χ4n) is 5.73. The lowest BCUT2D eigenvalue weighted by molar-refractivity contribution is -0.129. The van der Waals surface area contributed by atoms with E-state index in [0.29, 0.717) is 23.8 Å². The number of rotatable bonds is 3. The van der Waals surface area contributed by atoms with Gasteiger partial charge >= 0.3 is 0 Å². The smallest absolute Gasteiger partial charge is 0.139 e. The van der Waals surface area contributed by atoms with E-state index in [2.05, 4.69) is 20.4 Å². The molecule has 0 saturated heterocycles. The summed E-state index contributed by atoms with van der Waals surface area (Å²) in [6, 6.07) is 2.37. The zero-order valence-corrected chi connectivity index (χ0v) is 13.4. The predicted octanol–water partition coefficient (Wildman–Crippen LogP) is 2.72. The highest BCUT2D eigenvalue weighted by Gasteiger charge is 2.54. The van der Waals surface area contributed by atoms with Crippen LogP contribution in [0.4, 0.5) is 5.69 Å². The molecule has 4 aliphatic rings. The maximum Gasteiger partial charge on any atom is 0.139 e. The van der Waals surface area contributed by atoms with Gasteiger partial charge in [0.25, 0.3) is 0 Å². The van der Waals surface area contributed by atoms with Crippen molar-refractivity contribution in [2.24, 2.45) is 22.9 Å². The van der Waals surface area contributed by atoms with Crippen molar-refractivity contribution < 1.29 is 10.3 Å². The second kappa shape index (κ2) is 4.96. The number of aromatic amines is 1. The summed E-state index contributed by atoms with van der Waals surface area (Å²) < 4.78 is 0. The Hall–Kier alpha value is -2.08. The summed E-state index contributed by atoms with van der Waals surface area (Å²) >= 11 is 0. The van der Waals surface area contributed by atoms with Gasteiger partial charge in [-0.2, -0.15) is 0 Å². The van der Waals surface area contributed by atoms with Crippen molar-refractivity contribution in [2.45, 2.75) is 43.7 Å². The van der Waals surface area contributed by atoms with Gasteiger partial charge in [0.15, 0.2) is 0 Å². The predicted molar refractivity (Wildman–Crippen MR) is 91.4 cm³/mol. The number of hydrogen-bond donors (Lipinski definition) is 4. The first-order valence-electron chi connectivity index (χ1n) is 8.78. The Kier molecular flexibility index (Phi) is 2.95. The lowest BCUT2D eigenvalue weighted by atomic mass is 9.52. The highest BCUT2D eigenvalue weighted by Crippen LogP contribution is 2.56. The maximum atomic E-state index is 10.8. The fraction of sp³-hybridized carbons (Fsp3) is 0.556. The van der Waals surface area contributed by atoms with Gasteiger partial charge in [-0.1, -0.05) is 5.16 Å². The van der Waals surface area contributed by atoms with Crippen molar-refractivity contribution in [3.05, 3.63) is 24.0 Å². The minimum atomic E-state index is -0.425. The van der Waals surface area contributed by atoms with Crippen LogP contribution < -0.4 is 5.32 Å². The molecule has 2 aromatic rings. The number of aromatic nitrogens is 2. The molecule has 0 spiro atoms. The van der Waals surface area contributed by atoms with Crippen LogP contribution in [0.3, 0.4) is 0 Å². The Morgan fingerprint density at radius 2 is 2.08 bits per heavy atom. The van der Waals surface area contributed by atoms with Crippen LogP contribution >= 0.6 is 0 Å². The number of nitrogens with one attached hydrogen (secondary N) is 2.